The summed E-state index contributed by atoms with van der Waals surface area (Å²) in [6, 6.07) is 4.03. The molecule has 4 heteroatoms. The molecule has 0 saturated carbocycles. The van der Waals surface area contributed by atoms with E-state index in [1.165, 1.54) is 0 Å². The zero-order chi connectivity index (χ0) is 7.84. The SMILES string of the molecule is Brc1cnc2cc(I)[nH]c2c1. The van der Waals surface area contributed by atoms with Gasteiger partial charge in [-0.2, -0.15) is 0 Å². The van der Waals surface area contributed by atoms with Crippen LogP contribution in [0.2, 0.25) is 0 Å². The molecule has 2 rings (SSSR count). The summed E-state index contributed by atoms with van der Waals surface area (Å²) in [7, 11) is 0. The Morgan fingerprint density at radius 3 is 3.09 bits per heavy atom. The summed E-state index contributed by atoms with van der Waals surface area (Å²) < 4.78 is 2.12. The summed E-state index contributed by atoms with van der Waals surface area (Å²) in [5.41, 5.74) is 2.08. The van der Waals surface area contributed by atoms with Gasteiger partial charge in [0.2, 0.25) is 0 Å². The number of aromatic amines is 1. The van der Waals surface area contributed by atoms with Gasteiger partial charge in [0, 0.05) is 10.7 Å². The summed E-state index contributed by atoms with van der Waals surface area (Å²) >= 11 is 5.59. The Morgan fingerprint density at radius 1 is 1.45 bits per heavy atom. The highest BCUT2D eigenvalue weighted by Gasteiger charge is 1.98. The molecule has 0 aliphatic heterocycles. The fourth-order valence-electron chi connectivity index (χ4n) is 0.950. The zero-order valence-electron chi connectivity index (χ0n) is 5.44. The average molecular weight is 323 g/mol. The van der Waals surface area contributed by atoms with Crippen LogP contribution < -0.4 is 0 Å². The molecule has 0 bridgehead atoms. The Hall–Kier alpha value is -0.100. The number of H-pyrrole nitrogens is 1. The topological polar surface area (TPSA) is 28.7 Å². The molecule has 0 aliphatic rings. The van der Waals surface area contributed by atoms with Crippen molar-refractivity contribution >= 4 is 49.6 Å². The van der Waals surface area contributed by atoms with E-state index in [0.29, 0.717) is 0 Å². The lowest BCUT2D eigenvalue weighted by atomic mass is 10.4. The van der Waals surface area contributed by atoms with Gasteiger partial charge in [0.05, 0.1) is 14.7 Å². The van der Waals surface area contributed by atoms with Gasteiger partial charge in [0.15, 0.2) is 0 Å². The van der Waals surface area contributed by atoms with E-state index in [1.54, 1.807) is 6.20 Å². The number of hydrogen-bond donors (Lipinski definition) is 1. The molecule has 11 heavy (non-hydrogen) atoms. The molecule has 56 valence electrons. The first-order valence-electron chi connectivity index (χ1n) is 3.05. The van der Waals surface area contributed by atoms with E-state index in [-0.39, 0.29) is 0 Å². The third-order valence-electron chi connectivity index (χ3n) is 1.40. The van der Waals surface area contributed by atoms with E-state index in [9.17, 15) is 0 Å². The van der Waals surface area contributed by atoms with Gasteiger partial charge in [-0.1, -0.05) is 0 Å². The Morgan fingerprint density at radius 2 is 2.27 bits per heavy atom. The van der Waals surface area contributed by atoms with Crippen LogP contribution >= 0.6 is 38.5 Å². The lowest BCUT2D eigenvalue weighted by molar-refractivity contribution is 1.37. The van der Waals surface area contributed by atoms with Crippen molar-refractivity contribution < 1.29 is 0 Å². The second-order valence-electron chi connectivity index (χ2n) is 2.20. The molecule has 0 fully saturated rings. The summed E-state index contributed by atoms with van der Waals surface area (Å²) in [6.07, 6.45) is 1.80. The van der Waals surface area contributed by atoms with Gasteiger partial charge in [-0.25, -0.2) is 0 Å². The van der Waals surface area contributed by atoms with Crippen LogP contribution in [0.15, 0.2) is 22.8 Å². The van der Waals surface area contributed by atoms with Crippen LogP contribution in [0, 0.1) is 3.70 Å². The molecule has 0 aromatic carbocycles. The number of fused-ring (bicyclic) bond motifs is 1. The lowest BCUT2D eigenvalue weighted by Crippen LogP contribution is -1.73. The third kappa shape index (κ3) is 1.41. The second-order valence-corrected chi connectivity index (χ2v) is 4.28. The molecule has 2 aromatic rings. The first kappa shape index (κ1) is 7.54. The van der Waals surface area contributed by atoms with Crippen molar-refractivity contribution in [1.82, 2.24) is 9.97 Å². The summed E-state index contributed by atoms with van der Waals surface area (Å²) in [6.45, 7) is 0. The Kier molecular flexibility index (Phi) is 1.88. The lowest BCUT2D eigenvalue weighted by Gasteiger charge is -1.88. The van der Waals surface area contributed by atoms with Gasteiger partial charge in [-0.3, -0.25) is 4.98 Å². The summed E-state index contributed by atoms with van der Waals surface area (Å²) in [5, 5.41) is 0. The van der Waals surface area contributed by atoms with Crippen LogP contribution in [0.1, 0.15) is 0 Å². The van der Waals surface area contributed by atoms with Crippen molar-refractivity contribution in [1.29, 1.82) is 0 Å². The zero-order valence-corrected chi connectivity index (χ0v) is 9.18. The van der Waals surface area contributed by atoms with Crippen LogP contribution in [0.3, 0.4) is 0 Å². The Bertz CT molecular complexity index is 396. The second kappa shape index (κ2) is 2.75. The maximum Gasteiger partial charge on any atom is 0.0890 e. The van der Waals surface area contributed by atoms with Gasteiger partial charge < -0.3 is 4.98 Å². The highest BCUT2D eigenvalue weighted by Crippen LogP contribution is 2.18. The highest BCUT2D eigenvalue weighted by molar-refractivity contribution is 14.1. The number of hydrogen-bond acceptors (Lipinski definition) is 1. The minimum Gasteiger partial charge on any atom is -0.349 e. The number of rotatable bonds is 0. The molecule has 0 spiro atoms. The predicted octanol–water partition coefficient (Wildman–Crippen LogP) is 2.93. The molecule has 0 amide bonds. The molecule has 0 saturated heterocycles. The van der Waals surface area contributed by atoms with Gasteiger partial charge in [-0.15, -0.1) is 0 Å². The number of aromatic nitrogens is 2. The maximum atomic E-state index is 4.22. The number of nitrogens with one attached hydrogen (secondary N) is 1. The largest absolute Gasteiger partial charge is 0.349 e. The molecule has 0 atom stereocenters. The fourth-order valence-corrected chi connectivity index (χ4v) is 1.87. The van der Waals surface area contributed by atoms with E-state index in [4.69, 9.17) is 0 Å². The number of halogens is 2. The van der Waals surface area contributed by atoms with Crippen molar-refractivity contribution in [2.45, 2.75) is 0 Å². The van der Waals surface area contributed by atoms with Crippen molar-refractivity contribution in [3.63, 3.8) is 0 Å². The normalized spacial score (nSPS) is 10.7. The van der Waals surface area contributed by atoms with Gasteiger partial charge >= 0.3 is 0 Å². The van der Waals surface area contributed by atoms with E-state index in [2.05, 4.69) is 48.5 Å². The number of nitrogens with zero attached hydrogens (tertiary/aromatic N) is 1. The van der Waals surface area contributed by atoms with E-state index in [1.807, 2.05) is 12.1 Å². The molecule has 0 aliphatic carbocycles. The summed E-state index contributed by atoms with van der Waals surface area (Å²) in [4.78, 5) is 7.41. The standard InChI is InChI=1S/C7H4BrIN2/c8-4-1-6-5(10-3-4)2-7(9)11-6/h1-3,11H. The molecule has 2 nitrogen and oxygen atoms in total. The minimum absolute atomic E-state index is 1.00. The molecular formula is C7H4BrIN2. The van der Waals surface area contributed by atoms with Crippen LogP contribution in [0.25, 0.3) is 11.0 Å². The Balaban J connectivity index is 2.82. The predicted molar refractivity (Wildman–Crippen MR) is 56.5 cm³/mol. The van der Waals surface area contributed by atoms with Gasteiger partial charge in [0.1, 0.15) is 0 Å². The van der Waals surface area contributed by atoms with Crippen LogP contribution in [-0.2, 0) is 0 Å². The fraction of sp³-hybridized carbons (Fsp3) is 0. The van der Waals surface area contributed by atoms with E-state index in [0.717, 1.165) is 19.2 Å². The van der Waals surface area contributed by atoms with Crippen LogP contribution in [0.5, 0.6) is 0 Å². The van der Waals surface area contributed by atoms with Gasteiger partial charge in [0.25, 0.3) is 0 Å². The first-order valence-corrected chi connectivity index (χ1v) is 4.92. The number of pyridine rings is 1. The van der Waals surface area contributed by atoms with Crippen molar-refractivity contribution in [2.75, 3.05) is 0 Å². The van der Waals surface area contributed by atoms with E-state index >= 15 is 0 Å². The van der Waals surface area contributed by atoms with Crippen molar-refractivity contribution in [2.24, 2.45) is 0 Å². The average Bonchev–Trinajstić information content (AvgIpc) is 2.27. The molecule has 0 unspecified atom stereocenters. The quantitative estimate of drug-likeness (QED) is 0.742. The van der Waals surface area contributed by atoms with Crippen LogP contribution in [0.4, 0.5) is 0 Å². The molecule has 0 radical (unpaired) electrons. The monoisotopic (exact) mass is 322 g/mol. The summed E-state index contributed by atoms with van der Waals surface area (Å²) in [5.74, 6) is 0. The van der Waals surface area contributed by atoms with Crippen molar-refractivity contribution in [3.8, 4) is 0 Å². The minimum atomic E-state index is 1.00. The third-order valence-corrected chi connectivity index (χ3v) is 2.42. The molecular weight excluding hydrogens is 319 g/mol. The Labute approximate surface area is 85.7 Å². The highest BCUT2D eigenvalue weighted by atomic mass is 127. The molecule has 2 heterocycles. The first-order chi connectivity index (χ1) is 5.25. The van der Waals surface area contributed by atoms with Crippen molar-refractivity contribution in [3.05, 3.63) is 26.5 Å². The van der Waals surface area contributed by atoms with E-state index < -0.39 is 0 Å². The molecule has 2 aromatic heterocycles. The van der Waals surface area contributed by atoms with Crippen LogP contribution in [-0.4, -0.2) is 9.97 Å². The maximum absolute atomic E-state index is 4.22. The smallest absolute Gasteiger partial charge is 0.0890 e. The van der Waals surface area contributed by atoms with Gasteiger partial charge in [-0.05, 0) is 50.7 Å². The molecule has 1 N–H and O–H groups in total.